The number of amides is 1. The number of benzene rings is 2. The van der Waals surface area contributed by atoms with Gasteiger partial charge in [0.25, 0.3) is 5.91 Å². The van der Waals surface area contributed by atoms with Gasteiger partial charge in [0.2, 0.25) is 0 Å². The molecule has 3 N–H and O–H groups in total. The van der Waals surface area contributed by atoms with Crippen LogP contribution in [0.2, 0.25) is 0 Å². The van der Waals surface area contributed by atoms with Crippen LogP contribution < -0.4 is 11.1 Å². The number of aromatic nitrogens is 4. The van der Waals surface area contributed by atoms with Crippen LogP contribution in [-0.2, 0) is 0 Å². The van der Waals surface area contributed by atoms with Crippen molar-refractivity contribution in [2.24, 2.45) is 5.10 Å². The second-order valence-electron chi connectivity index (χ2n) is 7.73. The highest BCUT2D eigenvalue weighted by molar-refractivity contribution is 6.16. The second-order valence-corrected chi connectivity index (χ2v) is 7.73. The number of hydrogen-bond acceptors (Lipinski definition) is 6. The van der Waals surface area contributed by atoms with Gasteiger partial charge in [0.15, 0.2) is 5.65 Å². The fourth-order valence-corrected chi connectivity index (χ4v) is 3.61. The molecule has 0 unspecified atom stereocenters. The van der Waals surface area contributed by atoms with E-state index in [-0.39, 0.29) is 17.3 Å². The average Bonchev–Trinajstić information content (AvgIpc) is 3.09. The summed E-state index contributed by atoms with van der Waals surface area (Å²) < 4.78 is 1.43. The molecule has 5 rings (SSSR count). The fraction of sp³-hybridized carbons (Fsp3) is 0.0800. The summed E-state index contributed by atoms with van der Waals surface area (Å²) in [6.45, 7) is 3.91. The summed E-state index contributed by atoms with van der Waals surface area (Å²) in [6.07, 6.45) is 3.24. The molecule has 0 saturated heterocycles. The van der Waals surface area contributed by atoms with Crippen LogP contribution in [0.15, 0.2) is 72.0 Å². The van der Waals surface area contributed by atoms with Crippen LogP contribution in [0.25, 0.3) is 22.2 Å². The highest BCUT2D eigenvalue weighted by Gasteiger charge is 2.24. The van der Waals surface area contributed by atoms with E-state index in [0.29, 0.717) is 33.6 Å². The van der Waals surface area contributed by atoms with E-state index in [1.165, 1.54) is 4.68 Å². The Morgan fingerprint density at radius 1 is 1.03 bits per heavy atom. The third kappa shape index (κ3) is 3.78. The minimum Gasteiger partial charge on any atom is -0.383 e. The molecule has 3 aromatic heterocycles. The zero-order valence-corrected chi connectivity index (χ0v) is 18.1. The maximum Gasteiger partial charge on any atom is 0.261 e. The van der Waals surface area contributed by atoms with E-state index in [1.807, 2.05) is 74.5 Å². The van der Waals surface area contributed by atoms with Crippen molar-refractivity contribution in [3.05, 3.63) is 89.2 Å². The minimum atomic E-state index is -0.373. The van der Waals surface area contributed by atoms with Crippen molar-refractivity contribution in [3.8, 4) is 0 Å². The molecule has 5 aromatic rings. The number of nitrogen functional groups attached to an aromatic ring is 1. The van der Waals surface area contributed by atoms with E-state index in [1.54, 1.807) is 12.4 Å². The van der Waals surface area contributed by atoms with Gasteiger partial charge in [0.05, 0.1) is 22.9 Å². The van der Waals surface area contributed by atoms with Crippen molar-refractivity contribution in [2.75, 3.05) is 11.1 Å². The number of fused-ring (bicyclic) bond motifs is 2. The molecule has 0 aliphatic rings. The first-order valence-electron chi connectivity index (χ1n) is 10.4. The van der Waals surface area contributed by atoms with Crippen molar-refractivity contribution in [2.45, 2.75) is 13.8 Å². The predicted molar refractivity (Wildman–Crippen MR) is 131 cm³/mol. The standard InChI is InChI=1S/C25H21N7O/c1-15-10-11-16(2)20(13-15)31-25(33)21-22-24(30-19-9-4-3-8-18(19)29-22)32(23(21)26)28-14-17-7-5-6-12-27-17/h3-14H,26H2,1-2H3,(H,31,33). The van der Waals surface area contributed by atoms with Crippen LogP contribution in [0.5, 0.6) is 0 Å². The van der Waals surface area contributed by atoms with Gasteiger partial charge in [-0.3, -0.25) is 9.78 Å². The lowest BCUT2D eigenvalue weighted by atomic mass is 10.1. The van der Waals surface area contributed by atoms with E-state index in [9.17, 15) is 4.79 Å². The van der Waals surface area contributed by atoms with Crippen molar-refractivity contribution in [1.29, 1.82) is 0 Å². The third-order valence-corrected chi connectivity index (χ3v) is 5.34. The number of anilines is 2. The Balaban J connectivity index is 1.68. The zero-order valence-electron chi connectivity index (χ0n) is 18.1. The largest absolute Gasteiger partial charge is 0.383 e. The molecular formula is C25H21N7O. The molecule has 0 radical (unpaired) electrons. The van der Waals surface area contributed by atoms with Gasteiger partial charge in [-0.25, -0.2) is 9.97 Å². The van der Waals surface area contributed by atoms with Gasteiger partial charge in [-0.1, -0.05) is 30.3 Å². The van der Waals surface area contributed by atoms with Crippen molar-refractivity contribution >= 4 is 45.8 Å². The van der Waals surface area contributed by atoms with Gasteiger partial charge in [-0.05, 0) is 55.3 Å². The lowest BCUT2D eigenvalue weighted by Crippen LogP contribution is -2.15. The smallest absolute Gasteiger partial charge is 0.261 e. The number of pyridine rings is 1. The van der Waals surface area contributed by atoms with Gasteiger partial charge in [-0.15, -0.1) is 0 Å². The number of nitrogens with one attached hydrogen (secondary N) is 1. The monoisotopic (exact) mass is 435 g/mol. The first-order chi connectivity index (χ1) is 16.0. The number of nitrogens with two attached hydrogens (primary N) is 1. The molecule has 33 heavy (non-hydrogen) atoms. The molecule has 0 aliphatic carbocycles. The third-order valence-electron chi connectivity index (χ3n) is 5.34. The number of rotatable bonds is 4. The Hall–Kier alpha value is -4.59. The van der Waals surface area contributed by atoms with E-state index < -0.39 is 0 Å². The van der Waals surface area contributed by atoms with Crippen molar-refractivity contribution < 1.29 is 4.79 Å². The van der Waals surface area contributed by atoms with Crippen molar-refractivity contribution in [3.63, 3.8) is 0 Å². The summed E-state index contributed by atoms with van der Waals surface area (Å²) in [5.74, 6) is -0.224. The molecule has 0 spiro atoms. The topological polar surface area (TPSA) is 111 Å². The lowest BCUT2D eigenvalue weighted by Gasteiger charge is -2.09. The van der Waals surface area contributed by atoms with Gasteiger partial charge in [-0.2, -0.15) is 9.78 Å². The Morgan fingerprint density at radius 3 is 2.55 bits per heavy atom. The number of para-hydroxylation sites is 2. The van der Waals surface area contributed by atoms with Gasteiger partial charge in [0.1, 0.15) is 16.9 Å². The van der Waals surface area contributed by atoms with Gasteiger partial charge < -0.3 is 11.1 Å². The van der Waals surface area contributed by atoms with E-state index >= 15 is 0 Å². The first-order valence-corrected chi connectivity index (χ1v) is 10.4. The van der Waals surface area contributed by atoms with Crippen molar-refractivity contribution in [1.82, 2.24) is 19.6 Å². The number of carbonyl (C=O) groups is 1. The van der Waals surface area contributed by atoms with Gasteiger partial charge >= 0.3 is 0 Å². The molecule has 3 heterocycles. The number of nitrogens with zero attached hydrogens (tertiary/aromatic N) is 5. The summed E-state index contributed by atoms with van der Waals surface area (Å²) >= 11 is 0. The summed E-state index contributed by atoms with van der Waals surface area (Å²) in [4.78, 5) is 27.1. The minimum absolute atomic E-state index is 0.148. The molecule has 1 amide bonds. The first kappa shape index (κ1) is 20.3. The SMILES string of the molecule is Cc1ccc(C)c(NC(=O)c2c(N)n(N=Cc3ccccn3)c3nc4ccccc4nc23)c1. The summed E-state index contributed by atoms with van der Waals surface area (Å²) in [5, 5.41) is 7.45. The maximum absolute atomic E-state index is 13.4. The second kappa shape index (κ2) is 8.16. The van der Waals surface area contributed by atoms with Crippen LogP contribution in [0.3, 0.4) is 0 Å². The number of carbonyl (C=O) groups excluding carboxylic acids is 1. The highest BCUT2D eigenvalue weighted by Crippen LogP contribution is 2.29. The van der Waals surface area contributed by atoms with Gasteiger partial charge in [0, 0.05) is 11.9 Å². The van der Waals surface area contributed by atoms with E-state index in [2.05, 4.69) is 15.4 Å². The van der Waals surface area contributed by atoms with Crippen LogP contribution in [0.1, 0.15) is 27.2 Å². The lowest BCUT2D eigenvalue weighted by molar-refractivity contribution is 0.102. The van der Waals surface area contributed by atoms with E-state index in [0.717, 1.165) is 11.1 Å². The Morgan fingerprint density at radius 2 is 1.79 bits per heavy atom. The Labute approximate surface area is 189 Å². The Bertz CT molecular complexity index is 1540. The molecule has 162 valence electrons. The number of hydrogen-bond donors (Lipinski definition) is 2. The highest BCUT2D eigenvalue weighted by atomic mass is 16.1. The summed E-state index contributed by atoms with van der Waals surface area (Å²) in [7, 11) is 0. The Kier molecular flexibility index (Phi) is 5.02. The zero-order chi connectivity index (χ0) is 22.9. The molecule has 0 fully saturated rings. The quantitative estimate of drug-likeness (QED) is 0.409. The van der Waals surface area contributed by atoms with Crippen LogP contribution >= 0.6 is 0 Å². The van der Waals surface area contributed by atoms with Crippen LogP contribution in [0.4, 0.5) is 11.5 Å². The average molecular weight is 435 g/mol. The molecular weight excluding hydrogens is 414 g/mol. The molecule has 2 aromatic carbocycles. The molecule has 8 heteroatoms. The number of aryl methyl sites for hydroxylation is 2. The maximum atomic E-state index is 13.4. The molecule has 0 saturated carbocycles. The van der Waals surface area contributed by atoms with E-state index in [4.69, 9.17) is 15.7 Å². The summed E-state index contributed by atoms with van der Waals surface area (Å²) in [6, 6.07) is 18.8. The molecule has 0 atom stereocenters. The molecule has 0 aliphatic heterocycles. The van der Waals surface area contributed by atoms with Crippen LogP contribution in [-0.4, -0.2) is 31.7 Å². The predicted octanol–water partition coefficient (Wildman–Crippen LogP) is 4.31. The molecule has 0 bridgehead atoms. The van der Waals surface area contributed by atoms with Crippen LogP contribution in [0, 0.1) is 13.8 Å². The normalized spacial score (nSPS) is 11.5. The molecule has 8 nitrogen and oxygen atoms in total. The fourth-order valence-electron chi connectivity index (χ4n) is 3.61. The summed E-state index contributed by atoms with van der Waals surface area (Å²) in [5.41, 5.74) is 12.1.